The Morgan fingerprint density at radius 2 is 1.89 bits per heavy atom. The van der Waals surface area contributed by atoms with Crippen LogP contribution in [0, 0.1) is 5.82 Å². The van der Waals surface area contributed by atoms with E-state index in [0.717, 1.165) is 18.4 Å². The number of likely N-dealkylation sites (tertiary alicyclic amines) is 1. The summed E-state index contributed by atoms with van der Waals surface area (Å²) in [4.78, 5) is 30.7. The molecule has 0 unspecified atom stereocenters. The summed E-state index contributed by atoms with van der Waals surface area (Å²) in [5.74, 6) is -0.386. The minimum atomic E-state index is -1.33. The molecule has 1 aliphatic carbocycles. The number of benzene rings is 2. The van der Waals surface area contributed by atoms with Crippen molar-refractivity contribution in [3.63, 3.8) is 0 Å². The average Bonchev–Trinajstić information content (AvgIpc) is 3.47. The first-order valence-electron chi connectivity index (χ1n) is 12.5. The lowest BCUT2D eigenvalue weighted by atomic mass is 9.96. The highest BCUT2D eigenvalue weighted by atomic mass is 19.1. The molecule has 8 nitrogen and oxygen atoms in total. The number of rotatable bonds is 8. The van der Waals surface area contributed by atoms with Crippen LogP contribution in [0.2, 0.25) is 0 Å². The van der Waals surface area contributed by atoms with Gasteiger partial charge in [0.05, 0.1) is 18.8 Å². The number of aromatic nitrogens is 3. The van der Waals surface area contributed by atoms with Crippen molar-refractivity contribution in [1.82, 2.24) is 25.2 Å². The van der Waals surface area contributed by atoms with Gasteiger partial charge in [-0.2, -0.15) is 9.90 Å². The molecule has 0 bridgehead atoms. The molecule has 3 aromatic rings. The topological polar surface area (TPSA) is 83.4 Å². The summed E-state index contributed by atoms with van der Waals surface area (Å²) in [5, 5.41) is 11.3. The van der Waals surface area contributed by atoms with Crippen LogP contribution in [0.1, 0.15) is 47.9 Å². The Balaban J connectivity index is 1.36. The van der Waals surface area contributed by atoms with Gasteiger partial charge in [0.1, 0.15) is 24.6 Å². The van der Waals surface area contributed by atoms with Crippen molar-refractivity contribution < 1.29 is 18.4 Å². The zero-order chi connectivity index (χ0) is 26.1. The summed E-state index contributed by atoms with van der Waals surface area (Å²) in [6, 6.07) is 12.7. The molecule has 1 saturated heterocycles. The predicted octanol–water partition coefficient (Wildman–Crippen LogP) is 3.21. The molecule has 37 heavy (non-hydrogen) atoms. The van der Waals surface area contributed by atoms with Crippen LogP contribution in [0.5, 0.6) is 0 Å². The minimum absolute atomic E-state index is 0.108. The second-order valence-electron chi connectivity index (χ2n) is 9.93. The minimum Gasteiger partial charge on any atom is -0.360 e. The Morgan fingerprint density at radius 3 is 2.54 bits per heavy atom. The molecule has 0 radical (unpaired) electrons. The van der Waals surface area contributed by atoms with E-state index >= 15 is 0 Å². The van der Waals surface area contributed by atoms with Gasteiger partial charge in [0.15, 0.2) is 5.82 Å². The maximum Gasteiger partial charge on any atom is 0.246 e. The fraction of sp³-hybridized carbons (Fsp3) is 0.407. The lowest BCUT2D eigenvalue weighted by Gasteiger charge is -2.27. The van der Waals surface area contributed by atoms with Gasteiger partial charge in [-0.15, -0.1) is 5.10 Å². The average molecular weight is 509 g/mol. The van der Waals surface area contributed by atoms with E-state index in [1.165, 1.54) is 22.0 Å². The summed E-state index contributed by atoms with van der Waals surface area (Å²) in [6.07, 6.45) is 2.06. The number of nitrogens with zero attached hydrogens (tertiary/aromatic N) is 5. The van der Waals surface area contributed by atoms with Gasteiger partial charge < -0.3 is 15.1 Å². The van der Waals surface area contributed by atoms with E-state index in [9.17, 15) is 18.4 Å². The lowest BCUT2D eigenvalue weighted by Crippen LogP contribution is -2.48. The largest absolute Gasteiger partial charge is 0.360 e. The summed E-state index contributed by atoms with van der Waals surface area (Å²) >= 11 is 0. The van der Waals surface area contributed by atoms with Gasteiger partial charge in [0.2, 0.25) is 11.8 Å². The number of nitrogens with one attached hydrogen (secondary N) is 1. The molecule has 1 aliphatic heterocycles. The van der Waals surface area contributed by atoms with Crippen molar-refractivity contribution in [2.24, 2.45) is 0 Å². The van der Waals surface area contributed by atoms with Gasteiger partial charge in [-0.05, 0) is 41.5 Å². The first-order valence-corrected chi connectivity index (χ1v) is 12.5. The molecule has 2 heterocycles. The van der Waals surface area contributed by atoms with Crippen LogP contribution in [-0.4, -0.2) is 64.6 Å². The first-order chi connectivity index (χ1) is 17.8. The summed E-state index contributed by atoms with van der Waals surface area (Å²) in [6.45, 7) is -0.389. The van der Waals surface area contributed by atoms with E-state index < -0.39 is 30.1 Å². The van der Waals surface area contributed by atoms with E-state index in [4.69, 9.17) is 0 Å². The van der Waals surface area contributed by atoms with Gasteiger partial charge in [-0.25, -0.2) is 8.78 Å². The highest BCUT2D eigenvalue weighted by molar-refractivity contribution is 5.88. The standard InChI is InChI=1S/C27H30F2N6O2/c1-33(2)24-14-30-35(32-24)16-25(36)34-15-20(28)13-23(34)27(37)31-26(18-6-4-3-5-7-18)19-10-11-21(17-8-9-17)22(29)12-19/h3-7,10-12,14,17,20,23,26H,8-9,13,15-16H2,1-2H3,(H,31,37)/t20-,23+,26+/m1/s1. The van der Waals surface area contributed by atoms with Crippen molar-refractivity contribution in [2.75, 3.05) is 25.5 Å². The van der Waals surface area contributed by atoms with E-state index in [1.54, 1.807) is 25.1 Å². The van der Waals surface area contributed by atoms with Crippen molar-refractivity contribution in [2.45, 2.75) is 50.0 Å². The van der Waals surface area contributed by atoms with E-state index in [0.29, 0.717) is 16.9 Å². The van der Waals surface area contributed by atoms with Crippen molar-refractivity contribution in [3.8, 4) is 0 Å². The highest BCUT2D eigenvalue weighted by Crippen LogP contribution is 2.42. The summed E-state index contributed by atoms with van der Waals surface area (Å²) in [7, 11) is 3.61. The molecule has 2 fully saturated rings. The molecule has 5 rings (SSSR count). The number of hydrogen-bond donors (Lipinski definition) is 1. The molecule has 10 heteroatoms. The fourth-order valence-electron chi connectivity index (χ4n) is 4.78. The van der Waals surface area contributed by atoms with Crippen molar-refractivity contribution in [3.05, 3.63) is 77.2 Å². The van der Waals surface area contributed by atoms with Crippen molar-refractivity contribution in [1.29, 1.82) is 0 Å². The number of hydrogen-bond acceptors (Lipinski definition) is 5. The Kier molecular flexibility index (Phi) is 6.90. The SMILES string of the molecule is CN(C)c1cnn(CC(=O)N2C[C@H](F)C[C@H]2C(=O)N[C@@H](c2ccccc2)c2ccc(C3CC3)c(F)c2)n1. The normalized spacial score (nSPS) is 20.1. The summed E-state index contributed by atoms with van der Waals surface area (Å²) < 4.78 is 29.4. The number of halogens is 2. The van der Waals surface area contributed by atoms with Gasteiger partial charge in [0, 0.05) is 20.5 Å². The van der Waals surface area contributed by atoms with Crippen molar-refractivity contribution >= 4 is 17.6 Å². The van der Waals surface area contributed by atoms with E-state index in [1.807, 2.05) is 36.4 Å². The van der Waals surface area contributed by atoms with Crippen LogP contribution in [-0.2, 0) is 16.1 Å². The Labute approximate surface area is 214 Å². The third kappa shape index (κ3) is 5.47. The third-order valence-electron chi connectivity index (χ3n) is 6.93. The zero-order valence-electron chi connectivity index (χ0n) is 20.8. The Bertz CT molecular complexity index is 1280. The number of alkyl halides is 1. The molecule has 194 valence electrons. The van der Waals surface area contributed by atoms with Gasteiger partial charge >= 0.3 is 0 Å². The van der Waals surface area contributed by atoms with Gasteiger partial charge in [0.25, 0.3) is 0 Å². The van der Waals surface area contributed by atoms with Gasteiger partial charge in [-0.1, -0.05) is 42.5 Å². The summed E-state index contributed by atoms with van der Waals surface area (Å²) in [5.41, 5.74) is 2.05. The molecular weight excluding hydrogens is 478 g/mol. The van der Waals surface area contributed by atoms with Gasteiger partial charge in [-0.3, -0.25) is 9.59 Å². The maximum absolute atomic E-state index is 14.9. The molecule has 2 amide bonds. The number of amides is 2. The van der Waals surface area contributed by atoms with Crippen LogP contribution < -0.4 is 10.2 Å². The second-order valence-corrected chi connectivity index (χ2v) is 9.93. The molecule has 3 atom stereocenters. The number of anilines is 1. The molecule has 1 saturated carbocycles. The fourth-order valence-corrected chi connectivity index (χ4v) is 4.78. The third-order valence-corrected chi connectivity index (χ3v) is 6.93. The van der Waals surface area contributed by atoms with E-state index in [2.05, 4.69) is 15.5 Å². The Morgan fingerprint density at radius 1 is 1.14 bits per heavy atom. The van der Waals surface area contributed by atoms with Crippen LogP contribution in [0.25, 0.3) is 0 Å². The predicted molar refractivity (Wildman–Crippen MR) is 134 cm³/mol. The Hall–Kier alpha value is -3.82. The second kappa shape index (κ2) is 10.3. The molecular formula is C27H30F2N6O2. The monoisotopic (exact) mass is 508 g/mol. The lowest BCUT2D eigenvalue weighted by molar-refractivity contribution is -0.139. The molecule has 0 spiro atoms. The van der Waals surface area contributed by atoms with Crippen LogP contribution in [0.4, 0.5) is 14.6 Å². The number of carbonyl (C=O) groups excluding carboxylic acids is 2. The van der Waals surface area contributed by atoms with Crippen LogP contribution in [0.3, 0.4) is 0 Å². The quantitative estimate of drug-likeness (QED) is 0.505. The van der Waals surface area contributed by atoms with E-state index in [-0.39, 0.29) is 31.2 Å². The van der Waals surface area contributed by atoms with Crippen LogP contribution in [0.15, 0.2) is 54.7 Å². The highest BCUT2D eigenvalue weighted by Gasteiger charge is 2.40. The molecule has 2 aromatic carbocycles. The number of carbonyl (C=O) groups is 2. The smallest absolute Gasteiger partial charge is 0.246 e. The first kappa shape index (κ1) is 24.9. The van der Waals surface area contributed by atoms with Crippen LogP contribution >= 0.6 is 0 Å². The molecule has 1 N–H and O–H groups in total. The molecule has 2 aliphatic rings. The molecule has 1 aromatic heterocycles. The maximum atomic E-state index is 14.9. The zero-order valence-corrected chi connectivity index (χ0v) is 20.8.